The van der Waals surface area contributed by atoms with Gasteiger partial charge in [-0.15, -0.1) is 24.0 Å². The first-order valence-corrected chi connectivity index (χ1v) is 8.96. The van der Waals surface area contributed by atoms with E-state index in [9.17, 15) is 8.78 Å². The van der Waals surface area contributed by atoms with E-state index < -0.39 is 6.61 Å². The van der Waals surface area contributed by atoms with Crippen LogP contribution in [-0.2, 0) is 6.54 Å². The fourth-order valence-electron chi connectivity index (χ4n) is 3.16. The van der Waals surface area contributed by atoms with Crippen LogP contribution in [0.1, 0.15) is 18.4 Å². The highest BCUT2D eigenvalue weighted by molar-refractivity contribution is 14.0. The lowest BCUT2D eigenvalue weighted by Gasteiger charge is -2.25. The predicted molar refractivity (Wildman–Crippen MR) is 113 cm³/mol. The molecule has 0 radical (unpaired) electrons. The molecule has 1 unspecified atom stereocenters. The Kier molecular flexibility index (Phi) is 8.35. The predicted octanol–water partition coefficient (Wildman–Crippen LogP) is 2.64. The molecule has 1 aromatic carbocycles. The summed E-state index contributed by atoms with van der Waals surface area (Å²) in [6.07, 6.45) is 2.50. The third kappa shape index (κ3) is 5.97. The van der Waals surface area contributed by atoms with Crippen molar-refractivity contribution in [3.8, 4) is 17.2 Å². The number of ether oxygens (including phenoxy) is 3. The standard InChI is InChI=1S/C18H26F2N4O3.HI/c1-21-18(23-9-13(24(2)3)11-4-5-11)22-8-12-6-15-16(26-10-25-15)7-14(12)27-17(19)20;/h6-7,11,13,17H,4-5,8-10H2,1-3H3,(H2,21,22,23);1H. The topological polar surface area (TPSA) is 67.4 Å². The van der Waals surface area contributed by atoms with Crippen LogP contribution >= 0.6 is 24.0 Å². The Morgan fingerprint density at radius 2 is 1.93 bits per heavy atom. The number of alkyl halides is 2. The van der Waals surface area contributed by atoms with E-state index in [2.05, 4.69) is 39.4 Å². The van der Waals surface area contributed by atoms with Gasteiger partial charge in [-0.3, -0.25) is 4.99 Å². The van der Waals surface area contributed by atoms with Crippen LogP contribution in [0.4, 0.5) is 8.78 Å². The van der Waals surface area contributed by atoms with Gasteiger partial charge in [0.1, 0.15) is 5.75 Å². The molecule has 7 nitrogen and oxygen atoms in total. The lowest BCUT2D eigenvalue weighted by Crippen LogP contribution is -2.45. The Morgan fingerprint density at radius 3 is 2.50 bits per heavy atom. The summed E-state index contributed by atoms with van der Waals surface area (Å²) in [5, 5.41) is 6.45. The quantitative estimate of drug-likeness (QED) is 0.317. The summed E-state index contributed by atoms with van der Waals surface area (Å²) >= 11 is 0. The summed E-state index contributed by atoms with van der Waals surface area (Å²) in [7, 11) is 5.82. The molecule has 1 aliphatic carbocycles. The summed E-state index contributed by atoms with van der Waals surface area (Å²) in [5.74, 6) is 2.28. The van der Waals surface area contributed by atoms with Gasteiger partial charge in [0.25, 0.3) is 0 Å². The minimum absolute atomic E-state index is 0. The molecule has 10 heteroatoms. The molecule has 158 valence electrons. The van der Waals surface area contributed by atoms with Gasteiger partial charge < -0.3 is 29.7 Å². The third-order valence-corrected chi connectivity index (χ3v) is 4.75. The van der Waals surface area contributed by atoms with Gasteiger partial charge in [0.05, 0.1) is 0 Å². The van der Waals surface area contributed by atoms with Gasteiger partial charge in [0.2, 0.25) is 6.79 Å². The molecule has 0 bridgehead atoms. The summed E-state index contributed by atoms with van der Waals surface area (Å²) in [6, 6.07) is 3.51. The molecular formula is C18H27F2IN4O3. The van der Waals surface area contributed by atoms with Crippen molar-refractivity contribution in [3.63, 3.8) is 0 Å². The number of hydrogen-bond acceptors (Lipinski definition) is 5. The van der Waals surface area contributed by atoms with Crippen LogP contribution in [0.15, 0.2) is 17.1 Å². The van der Waals surface area contributed by atoms with Gasteiger partial charge in [-0.1, -0.05) is 0 Å². The molecule has 2 aliphatic rings. The normalized spacial score (nSPS) is 16.8. The van der Waals surface area contributed by atoms with E-state index in [4.69, 9.17) is 9.47 Å². The molecule has 0 spiro atoms. The van der Waals surface area contributed by atoms with Crippen LogP contribution in [0.25, 0.3) is 0 Å². The molecule has 1 saturated carbocycles. The van der Waals surface area contributed by atoms with Gasteiger partial charge in [-0.2, -0.15) is 8.78 Å². The van der Waals surface area contributed by atoms with E-state index in [1.54, 1.807) is 13.1 Å². The van der Waals surface area contributed by atoms with Crippen molar-refractivity contribution < 1.29 is 23.0 Å². The summed E-state index contributed by atoms with van der Waals surface area (Å²) in [4.78, 5) is 6.42. The molecular weight excluding hydrogens is 485 g/mol. The highest BCUT2D eigenvalue weighted by Gasteiger charge is 2.32. The number of nitrogens with zero attached hydrogens (tertiary/aromatic N) is 2. The highest BCUT2D eigenvalue weighted by Crippen LogP contribution is 2.38. The zero-order valence-electron chi connectivity index (χ0n) is 16.2. The van der Waals surface area contributed by atoms with Crippen LogP contribution in [-0.4, -0.2) is 58.0 Å². The molecule has 1 fully saturated rings. The molecule has 1 heterocycles. The Labute approximate surface area is 180 Å². The van der Waals surface area contributed by atoms with Gasteiger partial charge in [0.15, 0.2) is 17.5 Å². The monoisotopic (exact) mass is 512 g/mol. The maximum Gasteiger partial charge on any atom is 0.387 e. The SMILES string of the molecule is CN=C(NCc1cc2c(cc1OC(F)F)OCO2)NCC(C1CC1)N(C)C.I. The largest absolute Gasteiger partial charge is 0.454 e. The van der Waals surface area contributed by atoms with Crippen molar-refractivity contribution in [1.29, 1.82) is 0 Å². The zero-order valence-corrected chi connectivity index (χ0v) is 18.5. The maximum absolute atomic E-state index is 12.7. The molecule has 1 aromatic rings. The van der Waals surface area contributed by atoms with E-state index in [0.717, 1.165) is 6.54 Å². The van der Waals surface area contributed by atoms with Crippen LogP contribution in [0.5, 0.6) is 17.2 Å². The number of halogens is 3. The Hall–Kier alpha value is -1.56. The Morgan fingerprint density at radius 1 is 1.25 bits per heavy atom. The highest BCUT2D eigenvalue weighted by atomic mass is 127. The number of benzene rings is 1. The smallest absolute Gasteiger partial charge is 0.387 e. The van der Waals surface area contributed by atoms with Crippen molar-refractivity contribution >= 4 is 29.9 Å². The van der Waals surface area contributed by atoms with Crippen molar-refractivity contribution in [2.75, 3.05) is 34.5 Å². The van der Waals surface area contributed by atoms with E-state index >= 15 is 0 Å². The first-order valence-electron chi connectivity index (χ1n) is 8.96. The molecule has 28 heavy (non-hydrogen) atoms. The van der Waals surface area contributed by atoms with Gasteiger partial charge in [-0.25, -0.2) is 0 Å². The molecule has 1 aliphatic heterocycles. The second kappa shape index (κ2) is 10.3. The maximum atomic E-state index is 12.7. The number of aliphatic imine (C=N–C) groups is 1. The zero-order chi connectivity index (χ0) is 19.4. The number of guanidine groups is 1. The van der Waals surface area contributed by atoms with E-state index in [1.807, 2.05) is 0 Å². The average Bonchev–Trinajstić information content (AvgIpc) is 3.34. The summed E-state index contributed by atoms with van der Waals surface area (Å²) < 4.78 is 40.6. The number of likely N-dealkylation sites (N-methyl/N-ethyl adjacent to an activating group) is 1. The number of rotatable bonds is 8. The molecule has 0 saturated heterocycles. The first-order chi connectivity index (χ1) is 13.0. The lowest BCUT2D eigenvalue weighted by atomic mass is 10.1. The second-order valence-corrected chi connectivity index (χ2v) is 6.87. The average molecular weight is 512 g/mol. The van der Waals surface area contributed by atoms with Crippen molar-refractivity contribution in [2.24, 2.45) is 10.9 Å². The van der Waals surface area contributed by atoms with Crippen molar-refractivity contribution in [1.82, 2.24) is 15.5 Å². The van der Waals surface area contributed by atoms with Crippen LogP contribution in [0, 0.1) is 5.92 Å². The minimum Gasteiger partial charge on any atom is -0.454 e. The Balaban J connectivity index is 0.00000280. The first kappa shape index (κ1) is 22.7. The van der Waals surface area contributed by atoms with E-state index in [1.165, 1.54) is 18.9 Å². The lowest BCUT2D eigenvalue weighted by molar-refractivity contribution is -0.0505. The molecule has 3 rings (SSSR count). The molecule has 1 atom stereocenters. The second-order valence-electron chi connectivity index (χ2n) is 6.87. The van der Waals surface area contributed by atoms with Gasteiger partial charge >= 0.3 is 6.61 Å². The number of nitrogens with one attached hydrogen (secondary N) is 2. The van der Waals surface area contributed by atoms with Crippen LogP contribution in [0.3, 0.4) is 0 Å². The van der Waals surface area contributed by atoms with Gasteiger partial charge in [0, 0.05) is 37.8 Å². The fraction of sp³-hybridized carbons (Fsp3) is 0.611. The minimum atomic E-state index is -2.92. The van der Waals surface area contributed by atoms with E-state index in [0.29, 0.717) is 35.0 Å². The molecule has 0 aromatic heterocycles. The van der Waals surface area contributed by atoms with Crippen LogP contribution in [0.2, 0.25) is 0 Å². The Bertz CT molecular complexity index is 685. The summed E-state index contributed by atoms with van der Waals surface area (Å²) in [5.41, 5.74) is 0.536. The molecule has 0 amide bonds. The van der Waals surface area contributed by atoms with Gasteiger partial charge in [-0.05, 0) is 38.9 Å². The number of fused-ring (bicyclic) bond motifs is 1. The van der Waals surface area contributed by atoms with Crippen molar-refractivity contribution in [2.45, 2.75) is 32.0 Å². The van der Waals surface area contributed by atoms with E-state index in [-0.39, 0.29) is 43.1 Å². The number of hydrogen-bond donors (Lipinski definition) is 2. The van der Waals surface area contributed by atoms with Crippen LogP contribution < -0.4 is 24.8 Å². The fourth-order valence-corrected chi connectivity index (χ4v) is 3.16. The van der Waals surface area contributed by atoms with Crippen molar-refractivity contribution in [3.05, 3.63) is 17.7 Å². The third-order valence-electron chi connectivity index (χ3n) is 4.75. The summed E-state index contributed by atoms with van der Waals surface area (Å²) in [6.45, 7) is -1.83. The molecule has 2 N–H and O–H groups in total.